The summed E-state index contributed by atoms with van der Waals surface area (Å²) in [5.41, 5.74) is 2.00. The Kier molecular flexibility index (Phi) is 6.36. The summed E-state index contributed by atoms with van der Waals surface area (Å²) in [6.45, 7) is 7.10. The lowest BCUT2D eigenvalue weighted by Crippen LogP contribution is -2.24. The molecule has 0 heterocycles. The average molecular weight is 313 g/mol. The molecule has 0 fully saturated rings. The van der Waals surface area contributed by atoms with Gasteiger partial charge in [0, 0.05) is 16.9 Å². The van der Waals surface area contributed by atoms with E-state index in [0.29, 0.717) is 12.5 Å². The van der Waals surface area contributed by atoms with Crippen LogP contribution in [0.25, 0.3) is 0 Å². The standard InChI is InChI=1S/C14H21BrN2O/c1-10(2)16-8-4-5-14(18)17-13-7-6-11(3)9-12(13)15/h6-7,9-10,16H,4-5,8H2,1-3H3,(H,17,18). The first-order valence-corrected chi connectivity index (χ1v) is 7.07. The van der Waals surface area contributed by atoms with Gasteiger partial charge < -0.3 is 10.6 Å². The highest BCUT2D eigenvalue weighted by Gasteiger charge is 2.05. The van der Waals surface area contributed by atoms with Crippen LogP contribution in [0.5, 0.6) is 0 Å². The average Bonchev–Trinajstić information content (AvgIpc) is 2.28. The van der Waals surface area contributed by atoms with Crippen molar-refractivity contribution < 1.29 is 4.79 Å². The number of rotatable bonds is 6. The van der Waals surface area contributed by atoms with Gasteiger partial charge in [0.25, 0.3) is 0 Å². The van der Waals surface area contributed by atoms with E-state index < -0.39 is 0 Å². The minimum absolute atomic E-state index is 0.0603. The first-order valence-electron chi connectivity index (χ1n) is 6.28. The van der Waals surface area contributed by atoms with Crippen LogP contribution < -0.4 is 10.6 Å². The van der Waals surface area contributed by atoms with Crippen molar-refractivity contribution in [2.24, 2.45) is 0 Å². The molecular formula is C14H21BrN2O. The lowest BCUT2D eigenvalue weighted by Gasteiger charge is -2.09. The number of amides is 1. The van der Waals surface area contributed by atoms with Crippen LogP contribution in [0.15, 0.2) is 22.7 Å². The minimum Gasteiger partial charge on any atom is -0.325 e. The summed E-state index contributed by atoms with van der Waals surface area (Å²) < 4.78 is 0.927. The number of hydrogen-bond acceptors (Lipinski definition) is 2. The zero-order chi connectivity index (χ0) is 13.5. The Balaban J connectivity index is 2.35. The number of hydrogen-bond donors (Lipinski definition) is 2. The molecule has 4 heteroatoms. The molecule has 1 amide bonds. The highest BCUT2D eigenvalue weighted by molar-refractivity contribution is 9.10. The van der Waals surface area contributed by atoms with E-state index >= 15 is 0 Å². The Labute approximate surface area is 117 Å². The van der Waals surface area contributed by atoms with Crippen molar-refractivity contribution in [1.29, 1.82) is 0 Å². The SMILES string of the molecule is Cc1ccc(NC(=O)CCCNC(C)C)c(Br)c1. The van der Waals surface area contributed by atoms with Crippen LogP contribution in [-0.4, -0.2) is 18.5 Å². The summed E-state index contributed by atoms with van der Waals surface area (Å²) >= 11 is 3.45. The summed E-state index contributed by atoms with van der Waals surface area (Å²) in [7, 11) is 0. The lowest BCUT2D eigenvalue weighted by atomic mass is 10.2. The van der Waals surface area contributed by atoms with Gasteiger partial charge in [0.15, 0.2) is 0 Å². The molecule has 1 aromatic rings. The number of carbonyl (C=O) groups excluding carboxylic acids is 1. The molecule has 18 heavy (non-hydrogen) atoms. The smallest absolute Gasteiger partial charge is 0.224 e. The predicted octanol–water partition coefficient (Wildman–Crippen LogP) is 3.47. The largest absolute Gasteiger partial charge is 0.325 e. The normalized spacial score (nSPS) is 10.7. The van der Waals surface area contributed by atoms with Crippen LogP contribution in [0.1, 0.15) is 32.3 Å². The van der Waals surface area contributed by atoms with Gasteiger partial charge in [-0.2, -0.15) is 0 Å². The van der Waals surface area contributed by atoms with E-state index in [1.165, 1.54) is 5.56 Å². The third kappa shape index (κ3) is 5.65. The van der Waals surface area contributed by atoms with Crippen molar-refractivity contribution in [3.05, 3.63) is 28.2 Å². The first-order chi connectivity index (χ1) is 8.49. The maximum atomic E-state index is 11.7. The highest BCUT2D eigenvalue weighted by atomic mass is 79.9. The third-order valence-corrected chi connectivity index (χ3v) is 3.19. The maximum absolute atomic E-state index is 11.7. The van der Waals surface area contributed by atoms with E-state index in [-0.39, 0.29) is 5.91 Å². The van der Waals surface area contributed by atoms with Crippen LogP contribution in [0.3, 0.4) is 0 Å². The molecule has 0 aromatic heterocycles. The molecular weight excluding hydrogens is 292 g/mol. The lowest BCUT2D eigenvalue weighted by molar-refractivity contribution is -0.116. The van der Waals surface area contributed by atoms with Gasteiger partial charge in [0.2, 0.25) is 5.91 Å². The molecule has 0 aliphatic carbocycles. The van der Waals surface area contributed by atoms with Gasteiger partial charge in [-0.05, 0) is 53.5 Å². The number of anilines is 1. The van der Waals surface area contributed by atoms with Crippen molar-refractivity contribution in [2.45, 2.75) is 39.7 Å². The molecule has 0 spiro atoms. The van der Waals surface area contributed by atoms with Gasteiger partial charge in [0.05, 0.1) is 5.69 Å². The summed E-state index contributed by atoms with van der Waals surface area (Å²) in [6, 6.07) is 6.37. The number of nitrogens with one attached hydrogen (secondary N) is 2. The van der Waals surface area contributed by atoms with Crippen LogP contribution in [0, 0.1) is 6.92 Å². The molecule has 0 saturated heterocycles. The van der Waals surface area contributed by atoms with Crippen LogP contribution in [0.2, 0.25) is 0 Å². The van der Waals surface area contributed by atoms with Gasteiger partial charge in [-0.1, -0.05) is 19.9 Å². The molecule has 100 valence electrons. The van der Waals surface area contributed by atoms with Crippen molar-refractivity contribution in [3.8, 4) is 0 Å². The topological polar surface area (TPSA) is 41.1 Å². The zero-order valence-electron chi connectivity index (χ0n) is 11.2. The Morgan fingerprint density at radius 2 is 2.11 bits per heavy atom. The molecule has 0 aliphatic heterocycles. The van der Waals surface area contributed by atoms with E-state index in [1.807, 2.05) is 25.1 Å². The second-order valence-electron chi connectivity index (χ2n) is 4.74. The fourth-order valence-corrected chi connectivity index (χ4v) is 2.17. The Morgan fingerprint density at radius 1 is 1.39 bits per heavy atom. The molecule has 0 saturated carbocycles. The number of aryl methyl sites for hydroxylation is 1. The molecule has 0 bridgehead atoms. The number of carbonyl (C=O) groups is 1. The van der Waals surface area contributed by atoms with Crippen molar-refractivity contribution >= 4 is 27.5 Å². The molecule has 1 aromatic carbocycles. The molecule has 0 radical (unpaired) electrons. The van der Waals surface area contributed by atoms with Crippen molar-refractivity contribution in [2.75, 3.05) is 11.9 Å². The molecule has 0 unspecified atom stereocenters. The fourth-order valence-electron chi connectivity index (χ4n) is 1.57. The first kappa shape index (κ1) is 15.2. The molecule has 1 rings (SSSR count). The van der Waals surface area contributed by atoms with Gasteiger partial charge in [-0.3, -0.25) is 4.79 Å². The Hall–Kier alpha value is -0.870. The Bertz CT molecular complexity index is 405. The van der Waals surface area contributed by atoms with E-state index in [9.17, 15) is 4.79 Å². The van der Waals surface area contributed by atoms with Gasteiger partial charge in [-0.25, -0.2) is 0 Å². The molecule has 0 aliphatic rings. The maximum Gasteiger partial charge on any atom is 0.224 e. The summed E-state index contributed by atoms with van der Waals surface area (Å²) in [4.78, 5) is 11.7. The van der Waals surface area contributed by atoms with E-state index in [1.54, 1.807) is 0 Å². The molecule has 0 atom stereocenters. The van der Waals surface area contributed by atoms with Gasteiger partial charge in [0.1, 0.15) is 0 Å². The predicted molar refractivity (Wildman–Crippen MR) is 79.9 cm³/mol. The third-order valence-electron chi connectivity index (χ3n) is 2.53. The second kappa shape index (κ2) is 7.54. The van der Waals surface area contributed by atoms with E-state index in [0.717, 1.165) is 23.1 Å². The molecule has 2 N–H and O–H groups in total. The quantitative estimate of drug-likeness (QED) is 0.790. The van der Waals surface area contributed by atoms with Crippen LogP contribution >= 0.6 is 15.9 Å². The monoisotopic (exact) mass is 312 g/mol. The van der Waals surface area contributed by atoms with Crippen LogP contribution in [-0.2, 0) is 4.79 Å². The van der Waals surface area contributed by atoms with Gasteiger partial charge in [-0.15, -0.1) is 0 Å². The Morgan fingerprint density at radius 3 is 2.72 bits per heavy atom. The number of halogens is 1. The summed E-state index contributed by atoms with van der Waals surface area (Å²) in [6.07, 6.45) is 1.40. The zero-order valence-corrected chi connectivity index (χ0v) is 12.8. The number of benzene rings is 1. The fraction of sp³-hybridized carbons (Fsp3) is 0.500. The van der Waals surface area contributed by atoms with Crippen molar-refractivity contribution in [3.63, 3.8) is 0 Å². The highest BCUT2D eigenvalue weighted by Crippen LogP contribution is 2.23. The summed E-state index contributed by atoms with van der Waals surface area (Å²) in [5, 5.41) is 6.21. The van der Waals surface area contributed by atoms with E-state index in [4.69, 9.17) is 0 Å². The second-order valence-corrected chi connectivity index (χ2v) is 5.60. The van der Waals surface area contributed by atoms with Gasteiger partial charge >= 0.3 is 0 Å². The minimum atomic E-state index is 0.0603. The van der Waals surface area contributed by atoms with Crippen molar-refractivity contribution in [1.82, 2.24) is 5.32 Å². The molecule has 3 nitrogen and oxygen atoms in total. The van der Waals surface area contributed by atoms with E-state index in [2.05, 4.69) is 40.4 Å². The summed E-state index contributed by atoms with van der Waals surface area (Å²) in [5.74, 6) is 0.0603. The van der Waals surface area contributed by atoms with Crippen LogP contribution in [0.4, 0.5) is 5.69 Å².